The number of nitrogens with two attached hydrogens (primary N) is 1. The van der Waals surface area contributed by atoms with Crippen LogP contribution in [0.15, 0.2) is 0 Å². The van der Waals surface area contributed by atoms with E-state index >= 15 is 0 Å². The van der Waals surface area contributed by atoms with Gasteiger partial charge >= 0.3 is 0 Å². The Labute approximate surface area is 111 Å². The van der Waals surface area contributed by atoms with E-state index in [4.69, 9.17) is 5.73 Å². The highest BCUT2D eigenvalue weighted by Gasteiger charge is 2.28. The SMILES string of the molecule is CNC(=O)c1nn(CCN)c2c1CN(C(C)=O)CC2. The number of amides is 2. The zero-order valence-corrected chi connectivity index (χ0v) is 11.3. The van der Waals surface area contributed by atoms with Gasteiger partial charge in [0.1, 0.15) is 0 Å². The Balaban J connectivity index is 2.41. The number of carbonyl (C=O) groups is 2. The van der Waals surface area contributed by atoms with E-state index in [1.165, 1.54) is 6.92 Å². The van der Waals surface area contributed by atoms with Crippen LogP contribution in [0.2, 0.25) is 0 Å². The van der Waals surface area contributed by atoms with E-state index in [9.17, 15) is 9.59 Å². The van der Waals surface area contributed by atoms with Crippen molar-refractivity contribution in [1.29, 1.82) is 0 Å². The van der Waals surface area contributed by atoms with E-state index in [1.807, 2.05) is 0 Å². The number of fused-ring (bicyclic) bond motifs is 1. The van der Waals surface area contributed by atoms with Crippen LogP contribution in [0.1, 0.15) is 28.7 Å². The van der Waals surface area contributed by atoms with Gasteiger partial charge in [0, 0.05) is 51.3 Å². The molecule has 0 saturated heterocycles. The van der Waals surface area contributed by atoms with Crippen molar-refractivity contribution in [3.8, 4) is 0 Å². The standard InChI is InChI=1S/C12H19N5O2/c1-8(18)16-5-3-10-9(7-16)11(12(19)14-2)15-17(10)6-4-13/h3-7,13H2,1-2H3,(H,14,19). The first kappa shape index (κ1) is 13.5. The predicted molar refractivity (Wildman–Crippen MR) is 69.5 cm³/mol. The van der Waals surface area contributed by atoms with Crippen molar-refractivity contribution >= 4 is 11.8 Å². The molecule has 1 aromatic heterocycles. The molecule has 2 amide bonds. The smallest absolute Gasteiger partial charge is 0.271 e. The maximum atomic E-state index is 11.9. The molecule has 0 spiro atoms. The van der Waals surface area contributed by atoms with Gasteiger partial charge in [0.2, 0.25) is 5.91 Å². The van der Waals surface area contributed by atoms with Gasteiger partial charge in [0.25, 0.3) is 5.91 Å². The van der Waals surface area contributed by atoms with Crippen LogP contribution < -0.4 is 11.1 Å². The van der Waals surface area contributed by atoms with Crippen LogP contribution in [0.25, 0.3) is 0 Å². The quantitative estimate of drug-likeness (QED) is 0.741. The van der Waals surface area contributed by atoms with Crippen molar-refractivity contribution in [3.63, 3.8) is 0 Å². The highest BCUT2D eigenvalue weighted by Crippen LogP contribution is 2.22. The van der Waals surface area contributed by atoms with Crippen molar-refractivity contribution in [2.75, 3.05) is 20.1 Å². The summed E-state index contributed by atoms with van der Waals surface area (Å²) in [5.41, 5.74) is 7.82. The van der Waals surface area contributed by atoms with E-state index in [0.29, 0.717) is 38.3 Å². The fraction of sp³-hybridized carbons (Fsp3) is 0.583. The van der Waals surface area contributed by atoms with Crippen LogP contribution in [0.3, 0.4) is 0 Å². The topological polar surface area (TPSA) is 93.2 Å². The highest BCUT2D eigenvalue weighted by atomic mass is 16.2. The molecule has 3 N–H and O–H groups in total. The molecule has 0 saturated carbocycles. The van der Waals surface area contributed by atoms with Gasteiger partial charge in [0.15, 0.2) is 5.69 Å². The molecule has 104 valence electrons. The van der Waals surface area contributed by atoms with Gasteiger partial charge in [-0.3, -0.25) is 14.3 Å². The lowest BCUT2D eigenvalue weighted by atomic mass is 10.0. The van der Waals surface area contributed by atoms with Gasteiger partial charge in [0.05, 0.1) is 6.54 Å². The fourth-order valence-electron chi connectivity index (χ4n) is 2.37. The minimum Gasteiger partial charge on any atom is -0.354 e. The van der Waals surface area contributed by atoms with Crippen LogP contribution in [-0.2, 0) is 24.3 Å². The number of nitrogens with one attached hydrogen (secondary N) is 1. The molecular formula is C12H19N5O2. The lowest BCUT2D eigenvalue weighted by Crippen LogP contribution is -2.35. The Kier molecular flexibility index (Phi) is 3.84. The average Bonchev–Trinajstić information content (AvgIpc) is 2.76. The van der Waals surface area contributed by atoms with Crippen LogP contribution in [0, 0.1) is 0 Å². The second-order valence-electron chi connectivity index (χ2n) is 4.56. The first-order valence-electron chi connectivity index (χ1n) is 6.34. The van der Waals surface area contributed by atoms with Crippen molar-refractivity contribution < 1.29 is 9.59 Å². The summed E-state index contributed by atoms with van der Waals surface area (Å²) < 4.78 is 1.79. The fourth-order valence-corrected chi connectivity index (χ4v) is 2.37. The molecule has 7 nitrogen and oxygen atoms in total. The molecule has 1 aliphatic heterocycles. The predicted octanol–water partition coefficient (Wildman–Crippen LogP) is -0.894. The summed E-state index contributed by atoms with van der Waals surface area (Å²) in [6.45, 7) is 3.69. The van der Waals surface area contributed by atoms with E-state index in [-0.39, 0.29) is 11.8 Å². The Morgan fingerprint density at radius 3 is 2.79 bits per heavy atom. The molecule has 0 atom stereocenters. The monoisotopic (exact) mass is 265 g/mol. The van der Waals surface area contributed by atoms with Crippen molar-refractivity contribution in [2.24, 2.45) is 5.73 Å². The van der Waals surface area contributed by atoms with Gasteiger partial charge in [-0.1, -0.05) is 0 Å². The highest BCUT2D eigenvalue weighted by molar-refractivity contribution is 5.94. The second kappa shape index (κ2) is 5.40. The zero-order valence-electron chi connectivity index (χ0n) is 11.3. The minimum absolute atomic E-state index is 0.0140. The molecule has 0 aliphatic carbocycles. The average molecular weight is 265 g/mol. The van der Waals surface area contributed by atoms with E-state index in [0.717, 1.165) is 11.3 Å². The van der Waals surface area contributed by atoms with Crippen molar-refractivity contribution in [3.05, 3.63) is 17.0 Å². The molecule has 1 aromatic rings. The molecule has 0 radical (unpaired) electrons. The first-order chi connectivity index (χ1) is 9.08. The molecule has 0 fully saturated rings. The number of hydrogen-bond acceptors (Lipinski definition) is 4. The van der Waals surface area contributed by atoms with Gasteiger partial charge in [-0.15, -0.1) is 0 Å². The minimum atomic E-state index is -0.225. The third-order valence-corrected chi connectivity index (χ3v) is 3.36. The largest absolute Gasteiger partial charge is 0.354 e. The van der Waals surface area contributed by atoms with Crippen LogP contribution >= 0.6 is 0 Å². The number of hydrogen-bond donors (Lipinski definition) is 2. The van der Waals surface area contributed by atoms with Crippen LogP contribution in [0.4, 0.5) is 0 Å². The first-order valence-corrected chi connectivity index (χ1v) is 6.34. The summed E-state index contributed by atoms with van der Waals surface area (Å²) >= 11 is 0. The van der Waals surface area contributed by atoms with Crippen LogP contribution in [-0.4, -0.2) is 46.6 Å². The summed E-state index contributed by atoms with van der Waals surface area (Å²) in [5, 5.41) is 6.91. The summed E-state index contributed by atoms with van der Waals surface area (Å²) in [4.78, 5) is 25.1. The van der Waals surface area contributed by atoms with Gasteiger partial charge < -0.3 is 16.0 Å². The number of carbonyl (C=O) groups excluding carboxylic acids is 2. The van der Waals surface area contributed by atoms with Crippen molar-refractivity contribution in [2.45, 2.75) is 26.4 Å². The van der Waals surface area contributed by atoms with E-state index in [1.54, 1.807) is 16.6 Å². The zero-order chi connectivity index (χ0) is 14.0. The summed E-state index contributed by atoms with van der Waals surface area (Å²) in [7, 11) is 1.57. The molecule has 2 heterocycles. The van der Waals surface area contributed by atoms with Gasteiger partial charge in [-0.2, -0.15) is 5.10 Å². The number of nitrogens with zero attached hydrogens (tertiary/aromatic N) is 3. The Bertz CT molecular complexity index is 508. The van der Waals surface area contributed by atoms with E-state index in [2.05, 4.69) is 10.4 Å². The molecule has 19 heavy (non-hydrogen) atoms. The van der Waals surface area contributed by atoms with E-state index < -0.39 is 0 Å². The normalized spacial score (nSPS) is 14.2. The summed E-state index contributed by atoms with van der Waals surface area (Å²) in [5.74, 6) is -0.211. The lowest BCUT2D eigenvalue weighted by molar-refractivity contribution is -0.129. The summed E-state index contributed by atoms with van der Waals surface area (Å²) in [6.07, 6.45) is 0.707. The Morgan fingerprint density at radius 2 is 2.21 bits per heavy atom. The third-order valence-electron chi connectivity index (χ3n) is 3.36. The molecule has 0 unspecified atom stereocenters. The Hall–Kier alpha value is -1.89. The molecule has 0 aromatic carbocycles. The number of rotatable bonds is 3. The third kappa shape index (κ3) is 2.46. The molecule has 7 heteroatoms. The van der Waals surface area contributed by atoms with Gasteiger partial charge in [-0.25, -0.2) is 0 Å². The molecule has 0 bridgehead atoms. The number of aromatic nitrogens is 2. The van der Waals surface area contributed by atoms with Crippen molar-refractivity contribution in [1.82, 2.24) is 20.0 Å². The maximum absolute atomic E-state index is 11.9. The maximum Gasteiger partial charge on any atom is 0.271 e. The second-order valence-corrected chi connectivity index (χ2v) is 4.56. The lowest BCUT2D eigenvalue weighted by Gasteiger charge is -2.26. The molecular weight excluding hydrogens is 246 g/mol. The van der Waals surface area contributed by atoms with Crippen LogP contribution in [0.5, 0.6) is 0 Å². The Morgan fingerprint density at radius 1 is 1.47 bits per heavy atom. The molecule has 1 aliphatic rings. The van der Waals surface area contributed by atoms with Gasteiger partial charge in [-0.05, 0) is 0 Å². The summed E-state index contributed by atoms with van der Waals surface area (Å²) in [6, 6.07) is 0. The molecule has 2 rings (SSSR count).